The lowest BCUT2D eigenvalue weighted by molar-refractivity contribution is 0.414. The quantitative estimate of drug-likeness (QED) is 0.362. The second kappa shape index (κ2) is 6.97. The Morgan fingerprint density at radius 2 is 1.96 bits per heavy atom. The third kappa shape index (κ3) is 3.07. The van der Waals surface area contributed by atoms with E-state index in [4.69, 9.17) is 9.72 Å². The first-order chi connectivity index (χ1) is 13.8. The van der Waals surface area contributed by atoms with Gasteiger partial charge in [-0.25, -0.2) is 15.0 Å². The first kappa shape index (κ1) is 16.8. The van der Waals surface area contributed by atoms with Gasteiger partial charge in [0.25, 0.3) is 0 Å². The van der Waals surface area contributed by atoms with E-state index in [1.54, 1.807) is 37.6 Å². The first-order valence-electron chi connectivity index (χ1n) is 8.69. The van der Waals surface area contributed by atoms with Crippen molar-refractivity contribution >= 4 is 33.8 Å². The molecule has 1 N–H and O–H groups in total. The number of rotatable bonds is 5. The summed E-state index contributed by atoms with van der Waals surface area (Å²) < 4.78 is 7.17. The van der Waals surface area contributed by atoms with Gasteiger partial charge in [0.1, 0.15) is 17.6 Å². The Labute approximate surface area is 164 Å². The molecule has 7 nitrogen and oxygen atoms in total. The van der Waals surface area contributed by atoms with Crippen molar-refractivity contribution in [1.29, 1.82) is 0 Å². The van der Waals surface area contributed by atoms with Gasteiger partial charge in [-0.3, -0.25) is 9.67 Å². The minimum Gasteiger partial charge on any atom is -0.497 e. The van der Waals surface area contributed by atoms with Crippen molar-refractivity contribution in [3.8, 4) is 11.4 Å². The lowest BCUT2D eigenvalue weighted by Crippen LogP contribution is -1.96. The van der Waals surface area contributed by atoms with E-state index in [0.717, 1.165) is 39.3 Å². The number of nitrogens with one attached hydrogen (secondary N) is 1. The SMILES string of the molecule is COc1ccc(CSc2ncc3ncn(-c4ccc5cn[nH]c5c4)c3n2)cc1. The van der Waals surface area contributed by atoms with Crippen LogP contribution >= 0.6 is 11.8 Å². The van der Waals surface area contributed by atoms with Crippen LogP contribution in [0.4, 0.5) is 0 Å². The van der Waals surface area contributed by atoms with Crippen LogP contribution in [0, 0.1) is 0 Å². The van der Waals surface area contributed by atoms with Crippen LogP contribution < -0.4 is 4.74 Å². The Kier molecular flexibility index (Phi) is 4.17. The summed E-state index contributed by atoms with van der Waals surface area (Å²) in [6.07, 6.45) is 5.35. The topological polar surface area (TPSA) is 81.5 Å². The number of aromatic nitrogens is 6. The summed E-state index contributed by atoms with van der Waals surface area (Å²) in [6, 6.07) is 14.1. The van der Waals surface area contributed by atoms with E-state index in [9.17, 15) is 0 Å². The summed E-state index contributed by atoms with van der Waals surface area (Å²) in [4.78, 5) is 13.6. The molecule has 8 heteroatoms. The first-order valence-corrected chi connectivity index (χ1v) is 9.68. The largest absolute Gasteiger partial charge is 0.497 e. The number of methoxy groups -OCH3 is 1. The highest BCUT2D eigenvalue weighted by molar-refractivity contribution is 7.98. The van der Waals surface area contributed by atoms with Gasteiger partial charge in [-0.1, -0.05) is 23.9 Å². The number of aromatic amines is 1. The molecule has 2 aromatic carbocycles. The highest BCUT2D eigenvalue weighted by Gasteiger charge is 2.10. The number of ether oxygens (including phenoxy) is 1. The molecule has 0 fully saturated rings. The molecule has 0 bridgehead atoms. The number of benzene rings is 2. The summed E-state index contributed by atoms with van der Waals surface area (Å²) in [7, 11) is 1.67. The van der Waals surface area contributed by atoms with Gasteiger partial charge in [-0.05, 0) is 35.9 Å². The number of hydrogen-bond donors (Lipinski definition) is 1. The summed E-state index contributed by atoms with van der Waals surface area (Å²) in [5.74, 6) is 1.63. The Bertz CT molecular complexity index is 1260. The zero-order chi connectivity index (χ0) is 18.9. The van der Waals surface area contributed by atoms with Crippen LogP contribution in [-0.4, -0.2) is 36.8 Å². The molecule has 138 valence electrons. The van der Waals surface area contributed by atoms with Crippen molar-refractivity contribution in [1.82, 2.24) is 29.7 Å². The average Bonchev–Trinajstić information content (AvgIpc) is 3.38. The lowest BCUT2D eigenvalue weighted by atomic mass is 10.2. The van der Waals surface area contributed by atoms with Crippen molar-refractivity contribution < 1.29 is 4.74 Å². The standard InChI is InChI=1S/C20H16N6OS/c1-27-16-6-2-13(3-7-16)11-28-20-21-10-18-19(24-20)26(12-22-18)15-5-4-14-9-23-25-17(14)8-15/h2-10,12H,11H2,1H3,(H,23,25). The molecule has 3 aromatic heterocycles. The number of hydrogen-bond acceptors (Lipinski definition) is 6. The second-order valence-corrected chi connectivity index (χ2v) is 7.20. The maximum Gasteiger partial charge on any atom is 0.189 e. The minimum atomic E-state index is 0.715. The van der Waals surface area contributed by atoms with Crippen LogP contribution in [-0.2, 0) is 5.75 Å². The van der Waals surface area contributed by atoms with Crippen molar-refractivity contribution in [3.63, 3.8) is 0 Å². The monoisotopic (exact) mass is 388 g/mol. The number of thioether (sulfide) groups is 1. The highest BCUT2D eigenvalue weighted by Crippen LogP contribution is 2.24. The van der Waals surface area contributed by atoms with E-state index in [-0.39, 0.29) is 0 Å². The molecule has 0 unspecified atom stereocenters. The molecule has 0 saturated heterocycles. The van der Waals surface area contributed by atoms with Crippen molar-refractivity contribution in [3.05, 3.63) is 66.7 Å². The van der Waals surface area contributed by atoms with Gasteiger partial charge in [-0.15, -0.1) is 0 Å². The van der Waals surface area contributed by atoms with Crippen LogP contribution in [0.3, 0.4) is 0 Å². The fraction of sp³-hybridized carbons (Fsp3) is 0.100. The molecule has 0 atom stereocenters. The maximum absolute atomic E-state index is 5.20. The third-order valence-electron chi connectivity index (χ3n) is 4.50. The van der Waals surface area contributed by atoms with E-state index in [2.05, 4.69) is 20.2 Å². The molecule has 0 amide bonds. The number of imidazole rings is 1. The van der Waals surface area contributed by atoms with Crippen molar-refractivity contribution in [2.24, 2.45) is 0 Å². The van der Waals surface area contributed by atoms with E-state index in [1.165, 1.54) is 5.56 Å². The molecular weight excluding hydrogens is 372 g/mol. The number of fused-ring (bicyclic) bond motifs is 2. The number of H-pyrrole nitrogens is 1. The summed E-state index contributed by atoms with van der Waals surface area (Å²) in [5.41, 5.74) is 4.68. The van der Waals surface area contributed by atoms with Crippen LogP contribution in [0.25, 0.3) is 27.8 Å². The van der Waals surface area contributed by atoms with Gasteiger partial charge < -0.3 is 4.74 Å². The Morgan fingerprint density at radius 1 is 1.07 bits per heavy atom. The summed E-state index contributed by atoms with van der Waals surface area (Å²) in [6.45, 7) is 0. The maximum atomic E-state index is 5.20. The van der Waals surface area contributed by atoms with E-state index in [1.807, 2.05) is 47.0 Å². The van der Waals surface area contributed by atoms with Gasteiger partial charge in [0.05, 0.1) is 30.7 Å². The smallest absolute Gasteiger partial charge is 0.189 e. The van der Waals surface area contributed by atoms with Crippen LogP contribution in [0.5, 0.6) is 5.75 Å². The molecular formula is C20H16N6OS. The zero-order valence-electron chi connectivity index (χ0n) is 15.0. The lowest BCUT2D eigenvalue weighted by Gasteiger charge is -2.05. The zero-order valence-corrected chi connectivity index (χ0v) is 15.8. The van der Waals surface area contributed by atoms with E-state index in [0.29, 0.717) is 5.16 Å². The van der Waals surface area contributed by atoms with Gasteiger partial charge >= 0.3 is 0 Å². The van der Waals surface area contributed by atoms with E-state index < -0.39 is 0 Å². The van der Waals surface area contributed by atoms with Gasteiger partial charge in [0.2, 0.25) is 0 Å². The predicted molar refractivity (Wildman–Crippen MR) is 109 cm³/mol. The van der Waals surface area contributed by atoms with E-state index >= 15 is 0 Å². The van der Waals surface area contributed by atoms with Gasteiger partial charge in [-0.2, -0.15) is 5.10 Å². The predicted octanol–water partition coefficient (Wildman–Crippen LogP) is 3.99. The normalized spacial score (nSPS) is 11.3. The molecule has 0 aliphatic heterocycles. The second-order valence-electron chi connectivity index (χ2n) is 6.25. The van der Waals surface area contributed by atoms with Crippen molar-refractivity contribution in [2.45, 2.75) is 10.9 Å². The van der Waals surface area contributed by atoms with Crippen LogP contribution in [0.15, 0.2) is 66.3 Å². The van der Waals surface area contributed by atoms with Crippen molar-refractivity contribution in [2.75, 3.05) is 7.11 Å². The Balaban J connectivity index is 1.44. The van der Waals surface area contributed by atoms with Crippen LogP contribution in [0.1, 0.15) is 5.56 Å². The Morgan fingerprint density at radius 3 is 2.82 bits per heavy atom. The molecule has 5 rings (SSSR count). The van der Waals surface area contributed by atoms with Gasteiger partial charge in [0.15, 0.2) is 10.8 Å². The summed E-state index contributed by atoms with van der Waals surface area (Å²) >= 11 is 1.59. The van der Waals surface area contributed by atoms with Gasteiger partial charge in [0, 0.05) is 11.1 Å². The molecule has 0 aliphatic carbocycles. The molecule has 0 aliphatic rings. The third-order valence-corrected chi connectivity index (χ3v) is 5.43. The van der Waals surface area contributed by atoms with Crippen LogP contribution in [0.2, 0.25) is 0 Å². The fourth-order valence-corrected chi connectivity index (χ4v) is 3.76. The minimum absolute atomic E-state index is 0.715. The average molecular weight is 388 g/mol. The molecule has 0 spiro atoms. The molecule has 28 heavy (non-hydrogen) atoms. The molecule has 5 aromatic rings. The molecule has 3 heterocycles. The number of nitrogens with zero attached hydrogens (tertiary/aromatic N) is 5. The summed E-state index contributed by atoms with van der Waals surface area (Å²) in [5, 5.41) is 8.86. The fourth-order valence-electron chi connectivity index (χ4n) is 3.00. The molecule has 0 saturated carbocycles. The molecule has 0 radical (unpaired) electrons. The highest BCUT2D eigenvalue weighted by atomic mass is 32.2. The Hall–Kier alpha value is -3.39.